The molecule has 35 heavy (non-hydrogen) atoms. The third kappa shape index (κ3) is 4.70. The van der Waals surface area contributed by atoms with Gasteiger partial charge < -0.3 is 4.55 Å². The standard InChI is InChI=1S/C25H25ClN6O2S/c1-14(31-35(34)25(2,3)4)22-18-11-15(9-10-17(18)24(33)30-29-22)20-13-28-32(5)23(20)16-7-6-8-21(26)19(16)12-27/h6-11,13-14,31H,1-5H3,(H,30,33)/t14-,35?/m1/s1. The number of rotatable bonds is 5. The molecule has 2 aromatic heterocycles. The number of aromatic nitrogens is 4. The fourth-order valence-electron chi connectivity index (χ4n) is 3.88. The molecule has 0 aliphatic heterocycles. The highest BCUT2D eigenvalue weighted by molar-refractivity contribution is 7.90. The summed E-state index contributed by atoms with van der Waals surface area (Å²) >= 11 is 4.96. The van der Waals surface area contributed by atoms with Crippen molar-refractivity contribution in [3.63, 3.8) is 0 Å². The van der Waals surface area contributed by atoms with Crippen LogP contribution in [0.3, 0.4) is 0 Å². The molecule has 0 aliphatic carbocycles. The zero-order valence-electron chi connectivity index (χ0n) is 20.0. The molecular formula is C25H25ClN6O2S. The van der Waals surface area contributed by atoms with E-state index in [1.54, 1.807) is 36.1 Å². The van der Waals surface area contributed by atoms with Crippen molar-refractivity contribution in [2.24, 2.45) is 7.05 Å². The smallest absolute Gasteiger partial charge is 0.272 e. The van der Waals surface area contributed by atoms with Crippen molar-refractivity contribution >= 4 is 33.7 Å². The van der Waals surface area contributed by atoms with E-state index in [0.717, 1.165) is 16.8 Å². The lowest BCUT2D eigenvalue weighted by atomic mass is 9.96. The van der Waals surface area contributed by atoms with Gasteiger partial charge in [0, 0.05) is 34.9 Å². The molecule has 2 N–H and O–H groups in total. The maximum absolute atomic E-state index is 12.7. The van der Waals surface area contributed by atoms with E-state index in [4.69, 9.17) is 11.6 Å². The van der Waals surface area contributed by atoms with Crippen molar-refractivity contribution in [2.45, 2.75) is 38.5 Å². The van der Waals surface area contributed by atoms with Crippen LogP contribution in [0.4, 0.5) is 0 Å². The lowest BCUT2D eigenvalue weighted by molar-refractivity contribution is 0.528. The Balaban J connectivity index is 1.88. The number of nitrogens with one attached hydrogen (secondary N) is 2. The van der Waals surface area contributed by atoms with Gasteiger partial charge >= 0.3 is 0 Å². The van der Waals surface area contributed by atoms with E-state index in [1.165, 1.54) is 0 Å². The highest BCUT2D eigenvalue weighted by atomic mass is 35.5. The van der Waals surface area contributed by atoms with Gasteiger partial charge in [-0.3, -0.25) is 9.48 Å². The van der Waals surface area contributed by atoms with Gasteiger partial charge in [-0.2, -0.15) is 15.5 Å². The number of nitrogens with zero attached hydrogens (tertiary/aromatic N) is 4. The van der Waals surface area contributed by atoms with Gasteiger partial charge in [-0.05, 0) is 51.5 Å². The fourth-order valence-corrected chi connectivity index (χ4v) is 4.88. The molecule has 0 radical (unpaired) electrons. The molecule has 2 aromatic carbocycles. The Labute approximate surface area is 211 Å². The van der Waals surface area contributed by atoms with Crippen LogP contribution < -0.4 is 10.3 Å². The summed E-state index contributed by atoms with van der Waals surface area (Å²) in [5, 5.41) is 22.4. The molecule has 2 atom stereocenters. The predicted octanol–water partition coefficient (Wildman–Crippen LogP) is 4.63. The first-order chi connectivity index (χ1) is 16.5. The molecule has 0 amide bonds. The van der Waals surface area contributed by atoms with Crippen molar-refractivity contribution in [1.82, 2.24) is 24.7 Å². The van der Waals surface area contributed by atoms with Crippen LogP contribution in [0.1, 0.15) is 45.0 Å². The average molecular weight is 509 g/mol. The van der Waals surface area contributed by atoms with Crippen LogP contribution in [0.5, 0.6) is 0 Å². The molecular weight excluding hydrogens is 484 g/mol. The molecule has 0 fully saturated rings. The van der Waals surface area contributed by atoms with Crippen LogP contribution in [0, 0.1) is 11.3 Å². The Morgan fingerprint density at radius 1 is 1.23 bits per heavy atom. The first-order valence-electron chi connectivity index (χ1n) is 10.9. The third-order valence-corrected chi connectivity index (χ3v) is 7.69. The van der Waals surface area contributed by atoms with Crippen LogP contribution >= 0.6 is 11.6 Å². The number of aryl methyl sites for hydroxylation is 1. The molecule has 4 aromatic rings. The second kappa shape index (κ2) is 9.47. The largest absolute Gasteiger partial charge is 0.598 e. The molecule has 4 rings (SSSR count). The summed E-state index contributed by atoms with van der Waals surface area (Å²) in [4.78, 5) is 12.5. The summed E-state index contributed by atoms with van der Waals surface area (Å²) in [6.07, 6.45) is 1.72. The highest BCUT2D eigenvalue weighted by Gasteiger charge is 2.29. The molecule has 10 heteroatoms. The summed E-state index contributed by atoms with van der Waals surface area (Å²) in [5.41, 5.74) is 3.58. The lowest BCUT2D eigenvalue weighted by Gasteiger charge is -2.26. The van der Waals surface area contributed by atoms with E-state index < -0.39 is 22.2 Å². The summed E-state index contributed by atoms with van der Waals surface area (Å²) in [6.45, 7) is 7.51. The quantitative estimate of drug-likeness (QED) is 0.379. The zero-order chi connectivity index (χ0) is 25.5. The molecule has 0 bridgehead atoms. The van der Waals surface area contributed by atoms with Gasteiger partial charge in [-0.15, -0.1) is 4.72 Å². The topological polar surface area (TPSA) is 122 Å². The first-order valence-corrected chi connectivity index (χ1v) is 12.5. The molecule has 2 heterocycles. The number of benzene rings is 2. The number of aromatic amines is 1. The van der Waals surface area contributed by atoms with E-state index in [9.17, 15) is 14.6 Å². The number of halogens is 1. The van der Waals surface area contributed by atoms with Crippen molar-refractivity contribution < 1.29 is 4.55 Å². The second-order valence-corrected chi connectivity index (χ2v) is 11.6. The molecule has 0 aliphatic rings. The number of fused-ring (bicyclic) bond motifs is 1. The molecule has 1 unspecified atom stereocenters. The Kier molecular flexibility index (Phi) is 6.75. The van der Waals surface area contributed by atoms with Gasteiger partial charge in [-0.25, -0.2) is 5.10 Å². The lowest BCUT2D eigenvalue weighted by Crippen LogP contribution is -2.41. The first kappa shape index (κ1) is 24.9. The van der Waals surface area contributed by atoms with Crippen LogP contribution in [0.25, 0.3) is 33.2 Å². The number of hydrogen-bond acceptors (Lipinski definition) is 6. The van der Waals surface area contributed by atoms with Crippen LogP contribution in [0.15, 0.2) is 47.4 Å². The Morgan fingerprint density at radius 2 is 1.97 bits per heavy atom. The van der Waals surface area contributed by atoms with Crippen molar-refractivity contribution in [1.29, 1.82) is 5.26 Å². The Morgan fingerprint density at radius 3 is 2.66 bits per heavy atom. The molecule has 180 valence electrons. The van der Waals surface area contributed by atoms with Crippen LogP contribution in [0.2, 0.25) is 5.02 Å². The average Bonchev–Trinajstić information content (AvgIpc) is 3.19. The van der Waals surface area contributed by atoms with E-state index in [0.29, 0.717) is 32.6 Å². The van der Waals surface area contributed by atoms with E-state index in [-0.39, 0.29) is 5.56 Å². The summed E-state index contributed by atoms with van der Waals surface area (Å²) < 4.78 is 17.0. The van der Waals surface area contributed by atoms with Crippen LogP contribution in [-0.2, 0) is 18.4 Å². The number of H-pyrrole nitrogens is 1. The predicted molar refractivity (Wildman–Crippen MR) is 139 cm³/mol. The van der Waals surface area contributed by atoms with Gasteiger partial charge in [0.2, 0.25) is 0 Å². The molecule has 8 nitrogen and oxygen atoms in total. The van der Waals surface area contributed by atoms with Crippen molar-refractivity contribution in [2.75, 3.05) is 0 Å². The van der Waals surface area contributed by atoms with Crippen molar-refractivity contribution in [3.05, 3.63) is 69.2 Å². The minimum Gasteiger partial charge on any atom is -0.598 e. The van der Waals surface area contributed by atoms with Gasteiger partial charge in [-0.1, -0.05) is 29.8 Å². The minimum absolute atomic E-state index is 0.313. The summed E-state index contributed by atoms with van der Waals surface area (Å²) in [6, 6.07) is 12.5. The number of hydrogen-bond donors (Lipinski definition) is 2. The maximum Gasteiger partial charge on any atom is 0.272 e. The summed E-state index contributed by atoms with van der Waals surface area (Å²) in [5.74, 6) is 0. The van der Waals surface area contributed by atoms with Gasteiger partial charge in [0.1, 0.15) is 10.8 Å². The Hall–Kier alpha value is -3.16. The second-order valence-electron chi connectivity index (χ2n) is 9.22. The normalized spacial score (nSPS) is 13.5. The molecule has 0 saturated carbocycles. The van der Waals surface area contributed by atoms with E-state index >= 15 is 0 Å². The minimum atomic E-state index is -1.33. The van der Waals surface area contributed by atoms with E-state index in [1.807, 2.05) is 45.9 Å². The summed E-state index contributed by atoms with van der Waals surface area (Å²) in [7, 11) is 1.80. The Bertz CT molecular complexity index is 1520. The molecule has 0 saturated heterocycles. The van der Waals surface area contributed by atoms with Crippen molar-refractivity contribution in [3.8, 4) is 28.5 Å². The third-order valence-electron chi connectivity index (χ3n) is 5.70. The molecule has 0 spiro atoms. The monoisotopic (exact) mass is 508 g/mol. The van der Waals surface area contributed by atoms with Gasteiger partial charge in [0.05, 0.1) is 39.6 Å². The van der Waals surface area contributed by atoms with Gasteiger partial charge in [0.25, 0.3) is 5.56 Å². The highest BCUT2D eigenvalue weighted by Crippen LogP contribution is 2.37. The zero-order valence-corrected chi connectivity index (χ0v) is 21.6. The van der Waals surface area contributed by atoms with E-state index in [2.05, 4.69) is 26.1 Å². The number of nitriles is 1. The van der Waals surface area contributed by atoms with Crippen LogP contribution in [-0.4, -0.2) is 29.3 Å². The SMILES string of the molecule is C[C@@H](N[S+]([O-])C(C)(C)C)c1n[nH]c(=O)c2ccc(-c3cnn(C)c3-c3cccc(Cl)c3C#N)cc12. The van der Waals surface area contributed by atoms with Gasteiger partial charge in [0.15, 0.2) is 0 Å². The fraction of sp³-hybridized carbons (Fsp3) is 0.280. The maximum atomic E-state index is 12.7.